The third-order valence-corrected chi connectivity index (χ3v) is 3.86. The van der Waals surface area contributed by atoms with E-state index >= 15 is 0 Å². The molecule has 0 aliphatic rings. The average Bonchev–Trinajstić information content (AvgIpc) is 2.91. The topological polar surface area (TPSA) is 44.9 Å². The van der Waals surface area contributed by atoms with Crippen LogP contribution in [-0.4, -0.2) is 10.9 Å². The molecule has 3 rings (SSSR count). The SMILES string of the molecule is CC(C)c1cccc(NC(=O)Cc2c[nH]c3ccccc23)c1. The summed E-state index contributed by atoms with van der Waals surface area (Å²) in [4.78, 5) is 15.5. The fourth-order valence-corrected chi connectivity index (χ4v) is 2.63. The highest BCUT2D eigenvalue weighted by Crippen LogP contribution is 2.20. The van der Waals surface area contributed by atoms with Gasteiger partial charge in [-0.2, -0.15) is 0 Å². The Labute approximate surface area is 130 Å². The zero-order valence-electron chi connectivity index (χ0n) is 12.9. The summed E-state index contributed by atoms with van der Waals surface area (Å²) in [7, 11) is 0. The summed E-state index contributed by atoms with van der Waals surface area (Å²) < 4.78 is 0. The molecule has 1 heterocycles. The predicted molar refractivity (Wildman–Crippen MR) is 91.2 cm³/mol. The van der Waals surface area contributed by atoms with Crippen molar-refractivity contribution in [1.29, 1.82) is 0 Å². The van der Waals surface area contributed by atoms with Crippen molar-refractivity contribution < 1.29 is 4.79 Å². The number of nitrogens with one attached hydrogen (secondary N) is 2. The molecule has 0 spiro atoms. The second-order valence-corrected chi connectivity index (χ2v) is 5.86. The van der Waals surface area contributed by atoms with Crippen molar-refractivity contribution in [3.8, 4) is 0 Å². The maximum Gasteiger partial charge on any atom is 0.228 e. The molecule has 3 heteroatoms. The number of hydrogen-bond acceptors (Lipinski definition) is 1. The summed E-state index contributed by atoms with van der Waals surface area (Å²) in [6.07, 6.45) is 2.28. The number of hydrogen-bond donors (Lipinski definition) is 2. The first-order valence-electron chi connectivity index (χ1n) is 7.58. The van der Waals surface area contributed by atoms with Gasteiger partial charge in [-0.3, -0.25) is 4.79 Å². The molecule has 3 aromatic rings. The van der Waals surface area contributed by atoms with Crippen LogP contribution in [0.5, 0.6) is 0 Å². The molecule has 1 amide bonds. The number of para-hydroxylation sites is 1. The molecule has 1 aromatic heterocycles. The Morgan fingerprint density at radius 3 is 2.77 bits per heavy atom. The summed E-state index contributed by atoms with van der Waals surface area (Å²) >= 11 is 0. The van der Waals surface area contributed by atoms with Gasteiger partial charge in [0, 0.05) is 22.8 Å². The summed E-state index contributed by atoms with van der Waals surface area (Å²) in [5, 5.41) is 4.09. The van der Waals surface area contributed by atoms with Gasteiger partial charge in [-0.15, -0.1) is 0 Å². The lowest BCUT2D eigenvalue weighted by atomic mass is 10.0. The second-order valence-electron chi connectivity index (χ2n) is 5.86. The van der Waals surface area contributed by atoms with Gasteiger partial charge in [0.15, 0.2) is 0 Å². The number of fused-ring (bicyclic) bond motifs is 1. The van der Waals surface area contributed by atoms with E-state index < -0.39 is 0 Å². The molecule has 112 valence electrons. The van der Waals surface area contributed by atoms with Gasteiger partial charge in [0.1, 0.15) is 0 Å². The largest absolute Gasteiger partial charge is 0.361 e. The minimum Gasteiger partial charge on any atom is -0.361 e. The molecule has 0 unspecified atom stereocenters. The van der Waals surface area contributed by atoms with E-state index in [9.17, 15) is 4.79 Å². The van der Waals surface area contributed by atoms with E-state index in [2.05, 4.69) is 30.2 Å². The molecule has 0 saturated carbocycles. The first-order valence-corrected chi connectivity index (χ1v) is 7.58. The average molecular weight is 292 g/mol. The minimum atomic E-state index is 0.00524. The Balaban J connectivity index is 1.74. The van der Waals surface area contributed by atoms with Crippen molar-refractivity contribution in [3.63, 3.8) is 0 Å². The van der Waals surface area contributed by atoms with Crippen molar-refractivity contribution in [1.82, 2.24) is 4.98 Å². The molecular formula is C19H20N2O. The first-order chi connectivity index (χ1) is 10.6. The van der Waals surface area contributed by atoms with Crippen molar-refractivity contribution >= 4 is 22.5 Å². The number of aromatic amines is 1. The molecule has 0 aliphatic heterocycles. The molecule has 2 N–H and O–H groups in total. The molecule has 22 heavy (non-hydrogen) atoms. The number of anilines is 1. The number of aromatic nitrogens is 1. The standard InChI is InChI=1S/C19H20N2O/c1-13(2)14-6-5-7-16(10-14)21-19(22)11-15-12-20-18-9-4-3-8-17(15)18/h3-10,12-13,20H,11H2,1-2H3,(H,21,22). The zero-order chi connectivity index (χ0) is 15.5. The smallest absolute Gasteiger partial charge is 0.228 e. The van der Waals surface area contributed by atoms with Crippen LogP contribution in [-0.2, 0) is 11.2 Å². The van der Waals surface area contributed by atoms with Crippen LogP contribution in [0.2, 0.25) is 0 Å². The summed E-state index contributed by atoms with van der Waals surface area (Å²) in [5.41, 5.74) is 4.17. The Bertz CT molecular complexity index is 802. The number of amides is 1. The predicted octanol–water partition coefficient (Wildman–Crippen LogP) is 4.47. The van der Waals surface area contributed by atoms with Gasteiger partial charge in [0.25, 0.3) is 0 Å². The number of H-pyrrole nitrogens is 1. The van der Waals surface area contributed by atoms with Crippen LogP contribution >= 0.6 is 0 Å². The van der Waals surface area contributed by atoms with E-state index in [1.807, 2.05) is 48.7 Å². The van der Waals surface area contributed by atoms with Gasteiger partial charge in [0.2, 0.25) is 5.91 Å². The van der Waals surface area contributed by atoms with Crippen LogP contribution in [0.15, 0.2) is 54.7 Å². The minimum absolute atomic E-state index is 0.00524. The Hall–Kier alpha value is -2.55. The molecule has 0 saturated heterocycles. The van der Waals surface area contributed by atoms with Crippen molar-refractivity contribution in [3.05, 3.63) is 65.9 Å². The Morgan fingerprint density at radius 1 is 1.14 bits per heavy atom. The molecule has 3 nitrogen and oxygen atoms in total. The van der Waals surface area contributed by atoms with Crippen LogP contribution in [0.25, 0.3) is 10.9 Å². The lowest BCUT2D eigenvalue weighted by molar-refractivity contribution is -0.115. The molecule has 0 bridgehead atoms. The maximum absolute atomic E-state index is 12.3. The normalized spacial score (nSPS) is 11.0. The van der Waals surface area contributed by atoms with Gasteiger partial charge < -0.3 is 10.3 Å². The molecule has 0 radical (unpaired) electrons. The lowest BCUT2D eigenvalue weighted by Crippen LogP contribution is -2.14. The van der Waals surface area contributed by atoms with Crippen LogP contribution in [0.1, 0.15) is 30.9 Å². The molecule has 0 fully saturated rings. The maximum atomic E-state index is 12.3. The fraction of sp³-hybridized carbons (Fsp3) is 0.211. The van der Waals surface area contributed by atoms with E-state index in [-0.39, 0.29) is 5.91 Å². The molecule has 0 aliphatic carbocycles. The number of carbonyl (C=O) groups is 1. The Kier molecular flexibility index (Phi) is 3.96. The summed E-state index contributed by atoms with van der Waals surface area (Å²) in [6.45, 7) is 4.29. The third-order valence-electron chi connectivity index (χ3n) is 3.86. The van der Waals surface area contributed by atoms with Crippen LogP contribution in [0.4, 0.5) is 5.69 Å². The number of rotatable bonds is 4. The van der Waals surface area contributed by atoms with Gasteiger partial charge >= 0.3 is 0 Å². The van der Waals surface area contributed by atoms with Gasteiger partial charge in [-0.05, 0) is 35.2 Å². The highest BCUT2D eigenvalue weighted by Gasteiger charge is 2.09. The van der Waals surface area contributed by atoms with Crippen molar-refractivity contribution in [2.24, 2.45) is 0 Å². The van der Waals surface area contributed by atoms with Gasteiger partial charge in [-0.25, -0.2) is 0 Å². The van der Waals surface area contributed by atoms with Gasteiger partial charge in [-0.1, -0.05) is 44.2 Å². The highest BCUT2D eigenvalue weighted by molar-refractivity contribution is 5.95. The molecule has 0 atom stereocenters. The number of benzene rings is 2. The van der Waals surface area contributed by atoms with Crippen LogP contribution in [0, 0.1) is 0 Å². The van der Waals surface area contributed by atoms with E-state index in [1.54, 1.807) is 0 Å². The van der Waals surface area contributed by atoms with E-state index in [4.69, 9.17) is 0 Å². The monoisotopic (exact) mass is 292 g/mol. The van der Waals surface area contributed by atoms with E-state index in [0.29, 0.717) is 12.3 Å². The summed E-state index contributed by atoms with van der Waals surface area (Å²) in [5.74, 6) is 0.455. The zero-order valence-corrected chi connectivity index (χ0v) is 12.9. The third kappa shape index (κ3) is 3.03. The lowest BCUT2D eigenvalue weighted by Gasteiger charge is -2.09. The molecular weight excluding hydrogens is 272 g/mol. The van der Waals surface area contributed by atoms with Crippen LogP contribution in [0.3, 0.4) is 0 Å². The quantitative estimate of drug-likeness (QED) is 0.732. The molecule has 2 aromatic carbocycles. The van der Waals surface area contributed by atoms with Gasteiger partial charge in [0.05, 0.1) is 6.42 Å². The van der Waals surface area contributed by atoms with Crippen LogP contribution < -0.4 is 5.32 Å². The summed E-state index contributed by atoms with van der Waals surface area (Å²) in [6, 6.07) is 16.1. The van der Waals surface area contributed by atoms with Crippen molar-refractivity contribution in [2.75, 3.05) is 5.32 Å². The Morgan fingerprint density at radius 2 is 1.95 bits per heavy atom. The second kappa shape index (κ2) is 6.06. The first kappa shape index (κ1) is 14.4. The highest BCUT2D eigenvalue weighted by atomic mass is 16.1. The van der Waals surface area contributed by atoms with Crippen molar-refractivity contribution in [2.45, 2.75) is 26.2 Å². The fourth-order valence-electron chi connectivity index (χ4n) is 2.63. The number of carbonyl (C=O) groups excluding carboxylic acids is 1. The van der Waals surface area contributed by atoms with E-state index in [1.165, 1.54) is 5.56 Å². The van der Waals surface area contributed by atoms with E-state index in [0.717, 1.165) is 22.2 Å².